The predicted molar refractivity (Wildman–Crippen MR) is 76.9 cm³/mol. The highest BCUT2D eigenvalue weighted by atomic mass is 32.2. The summed E-state index contributed by atoms with van der Waals surface area (Å²) in [7, 11) is -2.81. The van der Waals surface area contributed by atoms with Crippen LogP contribution in [0.4, 0.5) is 15.8 Å². The molecule has 0 atom stereocenters. The predicted octanol–water partition coefficient (Wildman–Crippen LogP) is 2.54. The first-order chi connectivity index (χ1) is 10.3. The molecule has 9 heteroatoms. The van der Waals surface area contributed by atoms with Gasteiger partial charge in [-0.15, -0.1) is 0 Å². The molecule has 22 heavy (non-hydrogen) atoms. The second kappa shape index (κ2) is 5.98. The lowest BCUT2D eigenvalue weighted by atomic mass is 10.3. The molecule has 0 spiro atoms. The standard InChI is InChI=1S/C13H11FN2O5S/c1-21-13-8-11(5-6-12(13)14)22(19,20)15-9-3-2-4-10(7-9)16(17)18/h2-8,15H,1H3. The van der Waals surface area contributed by atoms with Gasteiger partial charge in [0.15, 0.2) is 11.6 Å². The van der Waals surface area contributed by atoms with E-state index in [0.717, 1.165) is 24.3 Å². The maximum absolute atomic E-state index is 13.3. The van der Waals surface area contributed by atoms with Crippen molar-refractivity contribution in [1.82, 2.24) is 0 Å². The SMILES string of the molecule is COc1cc(S(=O)(=O)Nc2cccc([N+](=O)[O-])c2)ccc1F. The van der Waals surface area contributed by atoms with Gasteiger partial charge in [-0.25, -0.2) is 12.8 Å². The Hall–Kier alpha value is -2.68. The van der Waals surface area contributed by atoms with Gasteiger partial charge in [0.25, 0.3) is 15.7 Å². The number of nitrogens with zero attached hydrogens (tertiary/aromatic N) is 1. The number of ether oxygens (including phenoxy) is 1. The Morgan fingerprint density at radius 1 is 1.23 bits per heavy atom. The summed E-state index contributed by atoms with van der Waals surface area (Å²) in [6.45, 7) is 0. The summed E-state index contributed by atoms with van der Waals surface area (Å²) in [5.41, 5.74) is -0.227. The molecule has 0 saturated carbocycles. The van der Waals surface area contributed by atoms with E-state index >= 15 is 0 Å². The lowest BCUT2D eigenvalue weighted by Gasteiger charge is -2.09. The second-order valence-corrected chi connectivity index (χ2v) is 5.89. The molecule has 0 saturated heterocycles. The summed E-state index contributed by atoms with van der Waals surface area (Å²) < 4.78 is 44.6. The van der Waals surface area contributed by atoms with Crippen LogP contribution in [0.5, 0.6) is 5.75 Å². The zero-order valence-electron chi connectivity index (χ0n) is 11.3. The maximum atomic E-state index is 13.3. The zero-order chi connectivity index (χ0) is 16.3. The molecule has 1 N–H and O–H groups in total. The summed E-state index contributed by atoms with van der Waals surface area (Å²) in [5, 5.41) is 10.7. The van der Waals surface area contributed by atoms with Crippen molar-refractivity contribution >= 4 is 21.4 Å². The highest BCUT2D eigenvalue weighted by molar-refractivity contribution is 7.92. The van der Waals surface area contributed by atoms with Crippen LogP contribution in [-0.4, -0.2) is 20.5 Å². The van der Waals surface area contributed by atoms with Crippen LogP contribution in [0.2, 0.25) is 0 Å². The minimum absolute atomic E-state index is 0.0255. The van der Waals surface area contributed by atoms with Crippen molar-refractivity contribution in [3.05, 3.63) is 58.4 Å². The molecule has 116 valence electrons. The largest absolute Gasteiger partial charge is 0.494 e. The summed E-state index contributed by atoms with van der Waals surface area (Å²) >= 11 is 0. The second-order valence-electron chi connectivity index (χ2n) is 4.21. The van der Waals surface area contributed by atoms with E-state index < -0.39 is 20.8 Å². The van der Waals surface area contributed by atoms with E-state index in [4.69, 9.17) is 4.74 Å². The Labute approximate surface area is 125 Å². The molecule has 0 radical (unpaired) electrons. The molecule has 0 fully saturated rings. The third-order valence-electron chi connectivity index (χ3n) is 2.74. The Balaban J connectivity index is 2.35. The highest BCUT2D eigenvalue weighted by Crippen LogP contribution is 2.24. The van der Waals surface area contributed by atoms with Gasteiger partial charge in [-0.1, -0.05) is 6.07 Å². The van der Waals surface area contributed by atoms with Gasteiger partial charge in [-0.3, -0.25) is 14.8 Å². The van der Waals surface area contributed by atoms with Crippen LogP contribution in [0.1, 0.15) is 0 Å². The third kappa shape index (κ3) is 3.31. The summed E-state index contributed by atoms with van der Waals surface area (Å²) in [6.07, 6.45) is 0. The quantitative estimate of drug-likeness (QED) is 0.672. The van der Waals surface area contributed by atoms with Crippen molar-refractivity contribution in [2.24, 2.45) is 0 Å². The molecule has 0 bridgehead atoms. The van der Waals surface area contributed by atoms with Crippen molar-refractivity contribution < 1.29 is 22.5 Å². The Kier molecular flexibility index (Phi) is 4.27. The van der Waals surface area contributed by atoms with E-state index in [-0.39, 0.29) is 22.0 Å². The van der Waals surface area contributed by atoms with E-state index in [9.17, 15) is 22.9 Å². The molecule has 0 aliphatic rings. The summed E-state index contributed by atoms with van der Waals surface area (Å²) in [6, 6.07) is 8.08. The number of sulfonamides is 1. The number of halogens is 1. The number of nitrogens with one attached hydrogen (secondary N) is 1. The molecule has 2 aromatic carbocycles. The number of rotatable bonds is 5. The monoisotopic (exact) mass is 326 g/mol. The minimum Gasteiger partial charge on any atom is -0.494 e. The van der Waals surface area contributed by atoms with Crippen LogP contribution in [0.3, 0.4) is 0 Å². The van der Waals surface area contributed by atoms with E-state index in [2.05, 4.69) is 4.72 Å². The number of non-ortho nitro benzene ring substituents is 1. The molecule has 2 rings (SSSR count). The topological polar surface area (TPSA) is 98.5 Å². The molecule has 0 aromatic heterocycles. The van der Waals surface area contributed by atoms with E-state index in [1.807, 2.05) is 0 Å². The highest BCUT2D eigenvalue weighted by Gasteiger charge is 2.18. The van der Waals surface area contributed by atoms with Crippen molar-refractivity contribution in [3.63, 3.8) is 0 Å². The van der Waals surface area contributed by atoms with Gasteiger partial charge in [-0.2, -0.15) is 0 Å². The van der Waals surface area contributed by atoms with E-state index in [1.54, 1.807) is 0 Å². The van der Waals surface area contributed by atoms with Crippen molar-refractivity contribution in [3.8, 4) is 5.75 Å². The van der Waals surface area contributed by atoms with Gasteiger partial charge in [0.1, 0.15) is 0 Å². The lowest BCUT2D eigenvalue weighted by Crippen LogP contribution is -2.13. The fourth-order valence-corrected chi connectivity index (χ4v) is 2.77. The first-order valence-corrected chi connectivity index (χ1v) is 7.42. The first-order valence-electron chi connectivity index (χ1n) is 5.94. The Bertz CT molecular complexity index is 823. The number of nitro groups is 1. The number of methoxy groups -OCH3 is 1. The van der Waals surface area contributed by atoms with Crippen LogP contribution < -0.4 is 9.46 Å². The normalized spacial score (nSPS) is 11.0. The van der Waals surface area contributed by atoms with Crippen molar-refractivity contribution in [2.75, 3.05) is 11.8 Å². The number of nitro benzene ring substituents is 1. The van der Waals surface area contributed by atoms with E-state index in [1.165, 1.54) is 25.3 Å². The first kappa shape index (κ1) is 15.7. The number of hydrogen-bond acceptors (Lipinski definition) is 5. The van der Waals surface area contributed by atoms with Gasteiger partial charge in [0.05, 0.1) is 22.6 Å². The summed E-state index contributed by atoms with van der Waals surface area (Å²) in [4.78, 5) is 9.81. The average Bonchev–Trinajstić information content (AvgIpc) is 2.47. The Morgan fingerprint density at radius 2 is 1.95 bits per heavy atom. The third-order valence-corrected chi connectivity index (χ3v) is 4.12. The Morgan fingerprint density at radius 3 is 2.59 bits per heavy atom. The fourth-order valence-electron chi connectivity index (χ4n) is 1.70. The molecule has 0 aliphatic heterocycles. The molecule has 0 unspecified atom stereocenters. The van der Waals surface area contributed by atoms with E-state index in [0.29, 0.717) is 0 Å². The minimum atomic E-state index is -4.02. The average molecular weight is 326 g/mol. The van der Waals surface area contributed by atoms with Crippen molar-refractivity contribution in [1.29, 1.82) is 0 Å². The summed E-state index contributed by atoms with van der Waals surface area (Å²) in [5.74, 6) is -0.918. The van der Waals surface area contributed by atoms with Crippen LogP contribution >= 0.6 is 0 Å². The molecule has 0 amide bonds. The van der Waals surface area contributed by atoms with Crippen LogP contribution in [0, 0.1) is 15.9 Å². The van der Waals surface area contributed by atoms with Crippen LogP contribution in [0.15, 0.2) is 47.4 Å². The number of hydrogen-bond donors (Lipinski definition) is 1. The maximum Gasteiger partial charge on any atom is 0.271 e. The zero-order valence-corrected chi connectivity index (χ0v) is 12.1. The molecular formula is C13H11FN2O5S. The smallest absolute Gasteiger partial charge is 0.271 e. The molecule has 7 nitrogen and oxygen atoms in total. The fraction of sp³-hybridized carbons (Fsp3) is 0.0769. The van der Waals surface area contributed by atoms with Crippen LogP contribution in [0.25, 0.3) is 0 Å². The van der Waals surface area contributed by atoms with Gasteiger partial charge in [0, 0.05) is 18.2 Å². The number of benzene rings is 2. The van der Waals surface area contributed by atoms with Gasteiger partial charge in [-0.05, 0) is 18.2 Å². The molecular weight excluding hydrogens is 315 g/mol. The molecule has 0 heterocycles. The van der Waals surface area contributed by atoms with Crippen molar-refractivity contribution in [2.45, 2.75) is 4.90 Å². The van der Waals surface area contributed by atoms with Gasteiger partial charge in [0.2, 0.25) is 0 Å². The van der Waals surface area contributed by atoms with Gasteiger partial charge < -0.3 is 4.74 Å². The number of anilines is 1. The molecule has 2 aromatic rings. The lowest BCUT2D eigenvalue weighted by molar-refractivity contribution is -0.384. The molecule has 0 aliphatic carbocycles. The van der Waals surface area contributed by atoms with Gasteiger partial charge >= 0.3 is 0 Å². The van der Waals surface area contributed by atoms with Crippen LogP contribution in [-0.2, 0) is 10.0 Å².